The van der Waals surface area contributed by atoms with Crippen LogP contribution in [-0.4, -0.2) is 28.0 Å². The van der Waals surface area contributed by atoms with E-state index in [4.69, 9.17) is 0 Å². The van der Waals surface area contributed by atoms with Gasteiger partial charge in [0.25, 0.3) is 0 Å². The molecule has 5 heteroatoms. The van der Waals surface area contributed by atoms with Gasteiger partial charge in [-0.1, -0.05) is 67.9 Å². The molecule has 228 valence electrons. The highest BCUT2D eigenvalue weighted by molar-refractivity contribution is 9.09. The summed E-state index contributed by atoms with van der Waals surface area (Å²) in [4.78, 5) is 48.5. The topological polar surface area (TPSA) is 68.3 Å². The summed E-state index contributed by atoms with van der Waals surface area (Å²) in [6, 6.07) is 0. The number of carbonyl (C=O) groups is 4. The zero-order valence-corrected chi connectivity index (χ0v) is 27.6. The lowest BCUT2D eigenvalue weighted by Gasteiger charge is -2.56. The monoisotopic (exact) mass is 644 g/mol. The van der Waals surface area contributed by atoms with Crippen molar-refractivity contribution in [3.05, 3.63) is 59.8 Å². The third kappa shape index (κ3) is 4.18. The lowest BCUT2D eigenvalue weighted by Crippen LogP contribution is -2.52. The largest absolute Gasteiger partial charge is 0.299 e. The molecule has 0 aromatic carbocycles. The van der Waals surface area contributed by atoms with Crippen LogP contribution in [0.1, 0.15) is 85.5 Å². The zero-order valence-electron chi connectivity index (χ0n) is 26.0. The Morgan fingerprint density at radius 2 is 1.26 bits per heavy atom. The minimum atomic E-state index is -0.0999. The quantitative estimate of drug-likeness (QED) is 0.252. The lowest BCUT2D eigenvalue weighted by molar-refractivity contribution is -0.131. The van der Waals surface area contributed by atoms with E-state index < -0.39 is 0 Å². The first-order valence-electron chi connectivity index (χ1n) is 16.6. The van der Waals surface area contributed by atoms with E-state index in [1.807, 2.05) is 6.08 Å². The Balaban J connectivity index is 0.000000140. The second-order valence-electron chi connectivity index (χ2n) is 15.8. The van der Waals surface area contributed by atoms with Crippen molar-refractivity contribution in [2.45, 2.75) is 90.3 Å². The Labute approximate surface area is 264 Å². The number of carbonyl (C=O) groups excluding carboxylic acids is 4. The van der Waals surface area contributed by atoms with Crippen LogP contribution < -0.4 is 0 Å². The third-order valence-corrected chi connectivity index (χ3v) is 14.9. The van der Waals surface area contributed by atoms with Crippen molar-refractivity contribution < 1.29 is 19.2 Å². The highest BCUT2D eigenvalue weighted by Gasteiger charge is 2.60. The van der Waals surface area contributed by atoms with E-state index in [-0.39, 0.29) is 38.1 Å². The normalized spacial score (nSPS) is 49.0. The number of Topliss-reactive ketones (excluding diaryl/α,β-unsaturated/α-hetero) is 2. The molecular formula is C38H45BrO4. The second-order valence-corrected chi connectivity index (χ2v) is 16.9. The minimum Gasteiger partial charge on any atom is -0.299 e. The van der Waals surface area contributed by atoms with Gasteiger partial charge in [-0.2, -0.15) is 0 Å². The van der Waals surface area contributed by atoms with Gasteiger partial charge in [0, 0.05) is 39.3 Å². The molecule has 5 saturated carbocycles. The van der Waals surface area contributed by atoms with Gasteiger partial charge < -0.3 is 0 Å². The van der Waals surface area contributed by atoms with Crippen LogP contribution in [0.15, 0.2) is 59.8 Å². The van der Waals surface area contributed by atoms with Crippen LogP contribution in [0.5, 0.6) is 0 Å². The molecule has 8 aliphatic carbocycles. The van der Waals surface area contributed by atoms with E-state index in [1.165, 1.54) is 5.57 Å². The summed E-state index contributed by atoms with van der Waals surface area (Å²) < 4.78 is 0. The molecule has 1 unspecified atom stereocenters. The highest BCUT2D eigenvalue weighted by atomic mass is 79.9. The number of ketones is 4. The van der Waals surface area contributed by atoms with Gasteiger partial charge in [0.2, 0.25) is 0 Å². The van der Waals surface area contributed by atoms with Gasteiger partial charge in [-0.15, -0.1) is 0 Å². The van der Waals surface area contributed by atoms with Gasteiger partial charge in [-0.25, -0.2) is 0 Å². The summed E-state index contributed by atoms with van der Waals surface area (Å²) in [6.45, 7) is 8.96. The fraction of sp³-hybridized carbons (Fsp3) is 0.632. The number of allylic oxidation sites excluding steroid dienone is 10. The molecular weight excluding hydrogens is 600 g/mol. The van der Waals surface area contributed by atoms with E-state index in [0.29, 0.717) is 47.1 Å². The SMILES string of the molecule is C[C@]12C=CC(=O)C=C1C(Br)C[C@@H]1[C@@H]2CC[C@]2(C)C(=O)CC[C@@H]12.C[C@]12C=CC(=O)C=C1C=C[C@@H]1[C@@H]2CC[C@]2(C)C(=O)CC[C@@H]12. The van der Waals surface area contributed by atoms with Gasteiger partial charge in [-0.3, -0.25) is 19.2 Å². The van der Waals surface area contributed by atoms with Crippen LogP contribution in [0.3, 0.4) is 0 Å². The fourth-order valence-electron chi connectivity index (χ4n) is 11.4. The number of alkyl halides is 1. The first-order valence-corrected chi connectivity index (χ1v) is 17.5. The molecule has 0 amide bonds. The summed E-state index contributed by atoms with van der Waals surface area (Å²) in [5.41, 5.74) is 2.19. The molecule has 0 radical (unpaired) electrons. The summed E-state index contributed by atoms with van der Waals surface area (Å²) in [5, 5.41) is 0. The van der Waals surface area contributed by atoms with Gasteiger partial charge in [0.15, 0.2) is 11.6 Å². The van der Waals surface area contributed by atoms with Crippen molar-refractivity contribution in [2.24, 2.45) is 57.2 Å². The van der Waals surface area contributed by atoms with E-state index >= 15 is 0 Å². The molecule has 0 saturated heterocycles. The molecule has 11 atom stereocenters. The Morgan fingerprint density at radius 1 is 0.674 bits per heavy atom. The standard InChI is InChI=1S/C19H23BrO2.C19H22O2/c1-18-7-5-11(21)9-15(18)16(20)10-12-13-3-4-17(22)19(13,2)8-6-14(12)18;1-18-9-7-13(20)11-12(18)3-4-14-15-5-6-17(21)19(15,2)10-8-16(14)18/h5,7,9,12-14,16H,3-4,6,8,10H2,1-2H3;3-4,7,9,11,14-16H,5-6,8,10H2,1-2H3/t12-,13-,14-,16?,18+,19-;14-,15-,16-,18-,19-/m00/s1. The lowest BCUT2D eigenvalue weighted by atomic mass is 9.48. The molecule has 5 fully saturated rings. The van der Waals surface area contributed by atoms with Crippen LogP contribution in [0, 0.1) is 57.2 Å². The van der Waals surface area contributed by atoms with Crippen LogP contribution in [0.25, 0.3) is 0 Å². The third-order valence-electron chi connectivity index (χ3n) is 14.1. The van der Waals surface area contributed by atoms with Crippen LogP contribution >= 0.6 is 15.9 Å². The minimum absolute atomic E-state index is 0.0159. The molecule has 0 heterocycles. The number of halogens is 1. The molecule has 43 heavy (non-hydrogen) atoms. The summed E-state index contributed by atoms with van der Waals surface area (Å²) >= 11 is 3.85. The predicted octanol–water partition coefficient (Wildman–Crippen LogP) is 7.88. The Morgan fingerprint density at radius 3 is 1.95 bits per heavy atom. The van der Waals surface area contributed by atoms with Crippen molar-refractivity contribution in [1.82, 2.24) is 0 Å². The summed E-state index contributed by atoms with van der Waals surface area (Å²) in [7, 11) is 0. The van der Waals surface area contributed by atoms with Crippen molar-refractivity contribution in [3.8, 4) is 0 Å². The molecule has 0 aliphatic heterocycles. The molecule has 0 aromatic heterocycles. The Hall–Kier alpha value is -2.14. The summed E-state index contributed by atoms with van der Waals surface area (Å²) in [5.74, 6) is 4.37. The van der Waals surface area contributed by atoms with E-state index in [2.05, 4.69) is 67.9 Å². The first kappa shape index (κ1) is 29.6. The Bertz CT molecular complexity index is 1460. The maximum absolute atomic E-state index is 12.4. The fourth-order valence-corrected chi connectivity index (χ4v) is 12.5. The van der Waals surface area contributed by atoms with Gasteiger partial charge >= 0.3 is 0 Å². The molecule has 8 rings (SSSR count). The van der Waals surface area contributed by atoms with Crippen LogP contribution in [0.2, 0.25) is 0 Å². The van der Waals surface area contributed by atoms with E-state index in [0.717, 1.165) is 63.4 Å². The van der Waals surface area contributed by atoms with Crippen LogP contribution in [0.4, 0.5) is 0 Å². The van der Waals surface area contributed by atoms with Crippen molar-refractivity contribution in [2.75, 3.05) is 0 Å². The highest BCUT2D eigenvalue weighted by Crippen LogP contribution is 2.65. The average Bonchev–Trinajstić information content (AvgIpc) is 3.45. The van der Waals surface area contributed by atoms with Gasteiger partial charge in [0.1, 0.15) is 11.6 Å². The van der Waals surface area contributed by atoms with Crippen molar-refractivity contribution in [3.63, 3.8) is 0 Å². The van der Waals surface area contributed by atoms with Crippen LogP contribution in [-0.2, 0) is 19.2 Å². The molecule has 0 aromatic rings. The number of hydrogen-bond donors (Lipinski definition) is 0. The smallest absolute Gasteiger partial charge is 0.178 e. The Kier molecular flexibility index (Phi) is 6.83. The molecule has 0 spiro atoms. The first-order chi connectivity index (χ1) is 20.3. The van der Waals surface area contributed by atoms with E-state index in [1.54, 1.807) is 18.2 Å². The van der Waals surface area contributed by atoms with Crippen molar-refractivity contribution >= 4 is 39.1 Å². The van der Waals surface area contributed by atoms with E-state index in [9.17, 15) is 19.2 Å². The summed E-state index contributed by atoms with van der Waals surface area (Å²) in [6.07, 6.45) is 24.8. The molecule has 4 nitrogen and oxygen atoms in total. The van der Waals surface area contributed by atoms with Crippen molar-refractivity contribution in [1.29, 1.82) is 0 Å². The number of rotatable bonds is 0. The average molecular weight is 646 g/mol. The molecule has 8 aliphatic rings. The zero-order chi connectivity index (χ0) is 30.5. The molecule has 0 bridgehead atoms. The maximum atomic E-state index is 12.4. The molecule has 0 N–H and O–H groups in total. The van der Waals surface area contributed by atoms with Gasteiger partial charge in [0.05, 0.1) is 0 Å². The number of fused-ring (bicyclic) bond motifs is 10. The number of hydrogen-bond acceptors (Lipinski definition) is 4. The maximum Gasteiger partial charge on any atom is 0.178 e. The predicted molar refractivity (Wildman–Crippen MR) is 171 cm³/mol. The second kappa shape index (κ2) is 9.93. The van der Waals surface area contributed by atoms with Gasteiger partial charge in [-0.05, 0) is 116 Å².